The number of ether oxygens (including phenoxy) is 2. The number of carbonyl (C=O) groups excluding carboxylic acids is 2. The van der Waals surface area contributed by atoms with Gasteiger partial charge in [0.2, 0.25) is 0 Å². The number of benzene rings is 2. The number of anilines is 1. The fourth-order valence-corrected chi connectivity index (χ4v) is 2.20. The van der Waals surface area contributed by atoms with Crippen molar-refractivity contribution in [3.8, 4) is 5.75 Å². The molecule has 0 aliphatic heterocycles. The van der Waals surface area contributed by atoms with E-state index in [4.69, 9.17) is 32.7 Å². The lowest BCUT2D eigenvalue weighted by Crippen LogP contribution is -2.23. The summed E-state index contributed by atoms with van der Waals surface area (Å²) in [6.45, 7) is -0.707. The third kappa shape index (κ3) is 6.18. The molecule has 0 radical (unpaired) electrons. The van der Waals surface area contributed by atoms with Gasteiger partial charge in [0.25, 0.3) is 5.91 Å². The third-order valence-corrected chi connectivity index (χ3v) is 3.05. The number of amides is 1. The van der Waals surface area contributed by atoms with Crippen LogP contribution in [0, 0.1) is 0 Å². The van der Waals surface area contributed by atoms with Gasteiger partial charge in [-0.1, -0.05) is 41.4 Å². The summed E-state index contributed by atoms with van der Waals surface area (Å²) in [5.41, 5.74) is 0.420. The summed E-state index contributed by atoms with van der Waals surface area (Å²) in [6.07, 6.45) is 0. The number of rotatable bonds is 6. The normalized spacial score (nSPS) is 10.0. The summed E-state index contributed by atoms with van der Waals surface area (Å²) in [7, 11) is 0. The van der Waals surface area contributed by atoms with Crippen molar-refractivity contribution in [1.29, 1.82) is 0 Å². The van der Waals surface area contributed by atoms with Crippen molar-refractivity contribution in [3.63, 3.8) is 0 Å². The molecule has 0 heterocycles. The van der Waals surface area contributed by atoms with E-state index in [2.05, 4.69) is 5.32 Å². The fraction of sp³-hybridized carbons (Fsp3) is 0.125. The molecule has 0 spiro atoms. The molecule has 0 bridgehead atoms. The molecule has 0 fully saturated rings. The van der Waals surface area contributed by atoms with Crippen LogP contribution in [0.15, 0.2) is 48.5 Å². The SMILES string of the molecule is O=C(COC(=O)COc1ccccc1)Nc1cc(Cl)cc(Cl)c1. The number of esters is 1. The van der Waals surface area contributed by atoms with Crippen LogP contribution in [0.4, 0.5) is 5.69 Å². The molecule has 0 aliphatic carbocycles. The van der Waals surface area contributed by atoms with Gasteiger partial charge in [0.1, 0.15) is 5.75 Å². The molecule has 23 heavy (non-hydrogen) atoms. The first kappa shape index (κ1) is 17.1. The molecule has 2 aromatic carbocycles. The summed E-state index contributed by atoms with van der Waals surface area (Å²) in [6, 6.07) is 13.4. The fourth-order valence-electron chi connectivity index (χ4n) is 1.67. The molecular weight excluding hydrogens is 341 g/mol. The predicted molar refractivity (Wildman–Crippen MR) is 88.0 cm³/mol. The van der Waals surface area contributed by atoms with Crippen molar-refractivity contribution in [3.05, 3.63) is 58.6 Å². The van der Waals surface area contributed by atoms with E-state index in [0.717, 1.165) is 0 Å². The van der Waals surface area contributed by atoms with Gasteiger partial charge in [0.05, 0.1) is 0 Å². The van der Waals surface area contributed by atoms with Crippen LogP contribution in [0.25, 0.3) is 0 Å². The van der Waals surface area contributed by atoms with E-state index in [9.17, 15) is 9.59 Å². The third-order valence-electron chi connectivity index (χ3n) is 2.61. The zero-order valence-electron chi connectivity index (χ0n) is 11.9. The summed E-state index contributed by atoms with van der Waals surface area (Å²) in [4.78, 5) is 23.2. The maximum atomic E-state index is 11.7. The molecular formula is C16H13Cl2NO4. The Labute approximate surface area is 143 Å². The molecule has 5 nitrogen and oxygen atoms in total. The van der Waals surface area contributed by atoms with Gasteiger partial charge < -0.3 is 14.8 Å². The second kappa shape index (κ2) is 8.41. The van der Waals surface area contributed by atoms with Crippen molar-refractivity contribution in [1.82, 2.24) is 0 Å². The summed E-state index contributed by atoms with van der Waals surface area (Å²) in [5.74, 6) is -0.605. The van der Waals surface area contributed by atoms with Gasteiger partial charge in [-0.05, 0) is 30.3 Å². The Balaban J connectivity index is 1.74. The smallest absolute Gasteiger partial charge is 0.344 e. The van der Waals surface area contributed by atoms with Gasteiger partial charge in [0, 0.05) is 15.7 Å². The molecule has 0 aromatic heterocycles. The van der Waals surface area contributed by atoms with Crippen LogP contribution in [0.2, 0.25) is 10.0 Å². The van der Waals surface area contributed by atoms with E-state index in [1.165, 1.54) is 12.1 Å². The lowest BCUT2D eigenvalue weighted by molar-refractivity contribution is -0.149. The minimum absolute atomic E-state index is 0.277. The molecule has 1 amide bonds. The van der Waals surface area contributed by atoms with Crippen molar-refractivity contribution in [2.75, 3.05) is 18.5 Å². The van der Waals surface area contributed by atoms with Crippen LogP contribution in [-0.4, -0.2) is 25.1 Å². The van der Waals surface area contributed by atoms with Gasteiger partial charge in [-0.15, -0.1) is 0 Å². The van der Waals surface area contributed by atoms with E-state index in [1.807, 2.05) is 6.07 Å². The Morgan fingerprint density at radius 1 is 0.957 bits per heavy atom. The highest BCUT2D eigenvalue weighted by Gasteiger charge is 2.09. The van der Waals surface area contributed by atoms with Crippen molar-refractivity contribution in [2.45, 2.75) is 0 Å². The molecule has 120 valence electrons. The number of para-hydroxylation sites is 1. The van der Waals surface area contributed by atoms with E-state index in [-0.39, 0.29) is 6.61 Å². The highest BCUT2D eigenvalue weighted by Crippen LogP contribution is 2.22. The van der Waals surface area contributed by atoms with Gasteiger partial charge in [-0.3, -0.25) is 4.79 Å². The Morgan fingerprint density at radius 2 is 1.61 bits per heavy atom. The van der Waals surface area contributed by atoms with Crippen molar-refractivity contribution >= 4 is 40.8 Å². The van der Waals surface area contributed by atoms with E-state index in [1.54, 1.807) is 30.3 Å². The first-order valence-corrected chi connectivity index (χ1v) is 7.38. The first-order chi connectivity index (χ1) is 11.0. The van der Waals surface area contributed by atoms with Crippen LogP contribution < -0.4 is 10.1 Å². The van der Waals surface area contributed by atoms with E-state index in [0.29, 0.717) is 21.5 Å². The molecule has 2 rings (SSSR count). The molecule has 0 unspecified atom stereocenters. The number of nitrogens with one attached hydrogen (secondary N) is 1. The van der Waals surface area contributed by atoms with Gasteiger partial charge >= 0.3 is 5.97 Å². The lowest BCUT2D eigenvalue weighted by Gasteiger charge is -2.08. The van der Waals surface area contributed by atoms with Gasteiger partial charge in [-0.25, -0.2) is 4.79 Å². The molecule has 0 saturated carbocycles. The van der Waals surface area contributed by atoms with Crippen LogP contribution in [0.3, 0.4) is 0 Å². The minimum Gasteiger partial charge on any atom is -0.482 e. The van der Waals surface area contributed by atoms with Crippen LogP contribution >= 0.6 is 23.2 Å². The number of halogens is 2. The van der Waals surface area contributed by atoms with Crippen molar-refractivity contribution in [2.24, 2.45) is 0 Å². The maximum absolute atomic E-state index is 11.7. The minimum atomic E-state index is -0.645. The summed E-state index contributed by atoms with van der Waals surface area (Å²) < 4.78 is 10.0. The zero-order valence-corrected chi connectivity index (χ0v) is 13.4. The van der Waals surface area contributed by atoms with E-state index >= 15 is 0 Å². The standard InChI is InChI=1S/C16H13Cl2NO4/c17-11-6-12(18)8-13(7-11)19-15(20)9-23-16(21)10-22-14-4-2-1-3-5-14/h1-8H,9-10H2,(H,19,20). The molecule has 2 aromatic rings. The molecule has 0 atom stereocenters. The maximum Gasteiger partial charge on any atom is 0.344 e. The number of hydrogen-bond donors (Lipinski definition) is 1. The van der Waals surface area contributed by atoms with Gasteiger partial charge in [-0.2, -0.15) is 0 Å². The topological polar surface area (TPSA) is 64.6 Å². The Bertz CT molecular complexity index is 671. The first-order valence-electron chi connectivity index (χ1n) is 6.62. The average Bonchev–Trinajstić information content (AvgIpc) is 2.51. The lowest BCUT2D eigenvalue weighted by atomic mass is 10.3. The van der Waals surface area contributed by atoms with Crippen LogP contribution in [0.5, 0.6) is 5.75 Å². The predicted octanol–water partition coefficient (Wildman–Crippen LogP) is 3.55. The molecule has 1 N–H and O–H groups in total. The second-order valence-electron chi connectivity index (χ2n) is 4.47. The largest absolute Gasteiger partial charge is 0.482 e. The summed E-state index contributed by atoms with van der Waals surface area (Å²) in [5, 5.41) is 3.31. The van der Waals surface area contributed by atoms with Crippen LogP contribution in [-0.2, 0) is 14.3 Å². The highest BCUT2D eigenvalue weighted by molar-refractivity contribution is 6.35. The Kier molecular flexibility index (Phi) is 6.26. The molecule has 0 saturated heterocycles. The summed E-state index contributed by atoms with van der Waals surface area (Å²) >= 11 is 11.6. The van der Waals surface area contributed by atoms with Crippen LogP contribution in [0.1, 0.15) is 0 Å². The Morgan fingerprint density at radius 3 is 2.26 bits per heavy atom. The molecule has 7 heteroatoms. The monoisotopic (exact) mass is 353 g/mol. The van der Waals surface area contributed by atoms with E-state index < -0.39 is 18.5 Å². The Hall–Kier alpha value is -2.24. The van der Waals surface area contributed by atoms with Gasteiger partial charge in [0.15, 0.2) is 13.2 Å². The quantitative estimate of drug-likeness (QED) is 0.806. The van der Waals surface area contributed by atoms with Crippen molar-refractivity contribution < 1.29 is 19.1 Å². The number of carbonyl (C=O) groups is 2. The second-order valence-corrected chi connectivity index (χ2v) is 5.34. The number of hydrogen-bond acceptors (Lipinski definition) is 4. The average molecular weight is 354 g/mol. The molecule has 0 aliphatic rings. The highest BCUT2D eigenvalue weighted by atomic mass is 35.5. The zero-order chi connectivity index (χ0) is 16.7.